The first-order chi connectivity index (χ1) is 8.27. The molecule has 1 aliphatic carbocycles. The molecule has 0 radical (unpaired) electrons. The number of hydrogen-bond donors (Lipinski definition) is 1. The van der Waals surface area contributed by atoms with Gasteiger partial charge in [0.15, 0.2) is 0 Å². The van der Waals surface area contributed by atoms with Crippen LogP contribution in [0.15, 0.2) is 0 Å². The normalized spacial score (nSPS) is 23.5. The zero-order valence-electron chi connectivity index (χ0n) is 12.6. The summed E-state index contributed by atoms with van der Waals surface area (Å²) < 4.78 is 0. The topological polar surface area (TPSA) is 15.3 Å². The number of halogens is 2. The van der Waals surface area contributed by atoms with Crippen molar-refractivity contribution in [2.45, 2.75) is 58.4 Å². The molecule has 2 fully saturated rings. The first-order valence-electron chi connectivity index (χ1n) is 7.72. The van der Waals surface area contributed by atoms with E-state index in [-0.39, 0.29) is 24.8 Å². The largest absolute Gasteiger partial charge is 0.314 e. The number of hydrogen-bond acceptors (Lipinski definition) is 2. The van der Waals surface area contributed by atoms with Crippen LogP contribution in [0.25, 0.3) is 0 Å². The van der Waals surface area contributed by atoms with Crippen LogP contribution in [-0.4, -0.2) is 37.1 Å². The van der Waals surface area contributed by atoms with E-state index in [0.717, 1.165) is 17.9 Å². The maximum atomic E-state index is 3.48. The summed E-state index contributed by atoms with van der Waals surface area (Å²) in [6, 6.07) is 0.873. The van der Waals surface area contributed by atoms with Gasteiger partial charge in [-0.05, 0) is 31.1 Å². The molecule has 0 bridgehead atoms. The molecule has 0 amide bonds. The Bertz CT molecular complexity index is 194. The quantitative estimate of drug-likeness (QED) is 0.851. The zero-order chi connectivity index (χ0) is 12.1. The molecular weight excluding hydrogens is 279 g/mol. The summed E-state index contributed by atoms with van der Waals surface area (Å²) in [6.07, 6.45) is 8.82. The third-order valence-corrected chi connectivity index (χ3v) is 4.53. The van der Waals surface area contributed by atoms with Crippen molar-refractivity contribution < 1.29 is 0 Å². The van der Waals surface area contributed by atoms with Gasteiger partial charge >= 0.3 is 0 Å². The van der Waals surface area contributed by atoms with Crippen molar-refractivity contribution in [1.82, 2.24) is 10.2 Å². The lowest BCUT2D eigenvalue weighted by molar-refractivity contribution is 0.0873. The fraction of sp³-hybridized carbons (Fsp3) is 1.00. The molecule has 0 aromatic carbocycles. The van der Waals surface area contributed by atoms with Crippen LogP contribution in [0, 0.1) is 11.8 Å². The summed E-state index contributed by atoms with van der Waals surface area (Å²) in [6.45, 7) is 9.71. The molecule has 2 nitrogen and oxygen atoms in total. The van der Waals surface area contributed by atoms with Crippen molar-refractivity contribution in [2.75, 3.05) is 26.2 Å². The molecule has 1 atom stereocenters. The third kappa shape index (κ3) is 6.20. The lowest BCUT2D eigenvalue weighted by Crippen LogP contribution is -2.51. The average Bonchev–Trinajstić information content (AvgIpc) is 2.38. The molecule has 1 aliphatic heterocycles. The summed E-state index contributed by atoms with van der Waals surface area (Å²) in [7, 11) is 0. The van der Waals surface area contributed by atoms with Gasteiger partial charge in [-0.1, -0.05) is 33.1 Å². The summed E-state index contributed by atoms with van der Waals surface area (Å²) >= 11 is 0. The minimum Gasteiger partial charge on any atom is -0.314 e. The Morgan fingerprint density at radius 1 is 1.00 bits per heavy atom. The minimum absolute atomic E-state index is 0. The molecule has 0 aromatic heterocycles. The molecule has 1 saturated carbocycles. The van der Waals surface area contributed by atoms with E-state index in [1.807, 2.05) is 0 Å². The van der Waals surface area contributed by atoms with Gasteiger partial charge in [0.05, 0.1) is 0 Å². The number of rotatable bonds is 4. The molecule has 19 heavy (non-hydrogen) atoms. The van der Waals surface area contributed by atoms with Gasteiger partial charge < -0.3 is 5.32 Å². The summed E-state index contributed by atoms with van der Waals surface area (Å²) in [5.74, 6) is 1.83. The molecule has 2 aliphatic rings. The highest BCUT2D eigenvalue weighted by atomic mass is 35.5. The van der Waals surface area contributed by atoms with Crippen molar-refractivity contribution >= 4 is 24.8 Å². The fourth-order valence-corrected chi connectivity index (χ4v) is 3.66. The van der Waals surface area contributed by atoms with Gasteiger partial charge in [-0.25, -0.2) is 0 Å². The summed E-state index contributed by atoms with van der Waals surface area (Å²) in [5.41, 5.74) is 0. The molecule has 0 aromatic rings. The Balaban J connectivity index is 0.00000162. The second-order valence-electron chi connectivity index (χ2n) is 6.38. The molecule has 116 valence electrons. The molecule has 1 unspecified atom stereocenters. The monoisotopic (exact) mass is 310 g/mol. The molecule has 1 N–H and O–H groups in total. The van der Waals surface area contributed by atoms with Crippen LogP contribution in [0.1, 0.15) is 52.4 Å². The van der Waals surface area contributed by atoms with Gasteiger partial charge in [0, 0.05) is 32.2 Å². The highest BCUT2D eigenvalue weighted by Crippen LogP contribution is 2.32. The maximum absolute atomic E-state index is 3.48. The van der Waals surface area contributed by atoms with E-state index in [0.29, 0.717) is 0 Å². The van der Waals surface area contributed by atoms with Crippen LogP contribution in [0.4, 0.5) is 0 Å². The van der Waals surface area contributed by atoms with E-state index in [2.05, 4.69) is 24.1 Å². The molecule has 2 rings (SSSR count). The van der Waals surface area contributed by atoms with Crippen LogP contribution < -0.4 is 5.32 Å². The lowest BCUT2D eigenvalue weighted by Gasteiger charge is -2.41. The zero-order valence-corrected chi connectivity index (χ0v) is 14.2. The van der Waals surface area contributed by atoms with E-state index in [4.69, 9.17) is 0 Å². The highest BCUT2D eigenvalue weighted by Gasteiger charge is 2.29. The fourth-order valence-electron chi connectivity index (χ4n) is 3.66. The molecule has 0 spiro atoms. The van der Waals surface area contributed by atoms with Gasteiger partial charge in [0.2, 0.25) is 0 Å². The van der Waals surface area contributed by atoms with Crippen molar-refractivity contribution in [3.05, 3.63) is 0 Å². The van der Waals surface area contributed by atoms with E-state index in [1.165, 1.54) is 64.7 Å². The van der Waals surface area contributed by atoms with Gasteiger partial charge in [-0.3, -0.25) is 4.90 Å². The molecule has 4 heteroatoms. The Morgan fingerprint density at radius 3 is 2.11 bits per heavy atom. The maximum Gasteiger partial charge on any atom is 0.0127 e. The lowest BCUT2D eigenvalue weighted by atomic mass is 9.80. The number of piperazine rings is 1. The van der Waals surface area contributed by atoms with E-state index in [1.54, 1.807) is 0 Å². The van der Waals surface area contributed by atoms with Gasteiger partial charge in [0.1, 0.15) is 0 Å². The van der Waals surface area contributed by atoms with E-state index in [9.17, 15) is 0 Å². The van der Waals surface area contributed by atoms with Crippen LogP contribution in [0.5, 0.6) is 0 Å². The Labute approximate surface area is 131 Å². The second kappa shape index (κ2) is 10.3. The second-order valence-corrected chi connectivity index (χ2v) is 6.38. The summed E-state index contributed by atoms with van der Waals surface area (Å²) in [5, 5.41) is 3.48. The van der Waals surface area contributed by atoms with Gasteiger partial charge in [-0.2, -0.15) is 0 Å². The van der Waals surface area contributed by atoms with Gasteiger partial charge in [0.25, 0.3) is 0 Å². The van der Waals surface area contributed by atoms with Crippen LogP contribution in [0.2, 0.25) is 0 Å². The molecule has 1 saturated heterocycles. The Morgan fingerprint density at radius 2 is 1.58 bits per heavy atom. The average molecular weight is 311 g/mol. The smallest absolute Gasteiger partial charge is 0.0127 e. The Kier molecular flexibility index (Phi) is 10.5. The van der Waals surface area contributed by atoms with Crippen LogP contribution in [-0.2, 0) is 0 Å². The number of nitrogens with one attached hydrogen (secondary N) is 1. The van der Waals surface area contributed by atoms with Crippen LogP contribution in [0.3, 0.4) is 0 Å². The predicted molar refractivity (Wildman–Crippen MR) is 88.8 cm³/mol. The number of nitrogens with zero attached hydrogens (tertiary/aromatic N) is 1. The first kappa shape index (κ1) is 19.5. The van der Waals surface area contributed by atoms with Crippen molar-refractivity contribution in [1.29, 1.82) is 0 Å². The summed E-state index contributed by atoms with van der Waals surface area (Å²) in [4.78, 5) is 2.78. The standard InChI is InChI=1S/C15H30N2.2ClH/c1-13(2)12-15(14-6-4-3-5-7-14)17-10-8-16-9-11-17;;/h13-16H,3-12H2,1-2H3;2*1H. The third-order valence-electron chi connectivity index (χ3n) is 4.53. The minimum atomic E-state index is 0. The van der Waals surface area contributed by atoms with Crippen molar-refractivity contribution in [2.24, 2.45) is 11.8 Å². The first-order valence-corrected chi connectivity index (χ1v) is 7.72. The predicted octanol–water partition coefficient (Wildman–Crippen LogP) is 3.73. The highest BCUT2D eigenvalue weighted by molar-refractivity contribution is 5.85. The molecule has 1 heterocycles. The van der Waals surface area contributed by atoms with Crippen molar-refractivity contribution in [3.8, 4) is 0 Å². The van der Waals surface area contributed by atoms with Gasteiger partial charge in [-0.15, -0.1) is 24.8 Å². The molecular formula is C15H32Cl2N2. The van der Waals surface area contributed by atoms with E-state index >= 15 is 0 Å². The van der Waals surface area contributed by atoms with Crippen molar-refractivity contribution in [3.63, 3.8) is 0 Å². The van der Waals surface area contributed by atoms with Crippen LogP contribution >= 0.6 is 24.8 Å². The Hall–Kier alpha value is 0.500. The van der Waals surface area contributed by atoms with E-state index < -0.39 is 0 Å². The SMILES string of the molecule is CC(C)CC(C1CCCCC1)N1CCNCC1.Cl.Cl.